The monoisotopic (exact) mass is 436 g/mol. The minimum Gasteiger partial charge on any atom is -0.468 e. The third-order valence-electron chi connectivity index (χ3n) is 5.71. The summed E-state index contributed by atoms with van der Waals surface area (Å²) in [5, 5.41) is 1.06. The summed E-state index contributed by atoms with van der Waals surface area (Å²) in [6, 6.07) is 7.20. The van der Waals surface area contributed by atoms with Gasteiger partial charge in [-0.25, -0.2) is 0 Å². The van der Waals surface area contributed by atoms with Crippen molar-refractivity contribution in [1.29, 1.82) is 0 Å². The molecule has 0 unspecified atom stereocenters. The van der Waals surface area contributed by atoms with E-state index in [9.17, 15) is 4.79 Å². The Morgan fingerprint density at radius 3 is 1.90 bits per heavy atom. The molecule has 4 heteroatoms. The first-order valence-electron chi connectivity index (χ1n) is 11.0. The first-order chi connectivity index (χ1) is 13.5. The van der Waals surface area contributed by atoms with E-state index >= 15 is 0 Å². The molecule has 1 aliphatic carbocycles. The fourth-order valence-electron chi connectivity index (χ4n) is 3.68. The highest BCUT2D eigenvalue weighted by Crippen LogP contribution is 2.41. The van der Waals surface area contributed by atoms with Crippen LogP contribution in [-0.4, -0.2) is 29.3 Å². The first-order valence-corrected chi connectivity index (χ1v) is 12.9. The maximum Gasteiger partial charge on any atom is 0.315 e. The lowest BCUT2D eigenvalue weighted by Crippen LogP contribution is -2.24. The molecule has 29 heavy (non-hydrogen) atoms. The number of hydrogen-bond donors (Lipinski definition) is 0. The van der Waals surface area contributed by atoms with E-state index in [1.807, 2.05) is 11.8 Å². The van der Waals surface area contributed by atoms with Gasteiger partial charge in [0.2, 0.25) is 0 Å². The maximum absolute atomic E-state index is 11.7. The summed E-state index contributed by atoms with van der Waals surface area (Å²) in [5.41, 5.74) is 3.10. The minimum atomic E-state index is -0.106. The SMILES string of the molecule is COC(=O)CS[C@@H]1CCCCCC[C@H]1Sc1cc(C(C)(C)C)cc(C(C)(C)C)c1. The molecule has 0 bridgehead atoms. The summed E-state index contributed by atoms with van der Waals surface area (Å²) in [7, 11) is 1.49. The van der Waals surface area contributed by atoms with Gasteiger partial charge in [-0.2, -0.15) is 0 Å². The van der Waals surface area contributed by atoms with Gasteiger partial charge in [-0.1, -0.05) is 73.3 Å². The third-order valence-corrected chi connectivity index (χ3v) is 8.65. The third kappa shape index (κ3) is 7.86. The number of benzene rings is 1. The molecule has 0 N–H and O–H groups in total. The van der Waals surface area contributed by atoms with Crippen LogP contribution in [0.3, 0.4) is 0 Å². The van der Waals surface area contributed by atoms with Gasteiger partial charge in [-0.05, 0) is 46.9 Å². The fraction of sp³-hybridized carbons (Fsp3) is 0.720. The van der Waals surface area contributed by atoms with E-state index in [0.717, 1.165) is 0 Å². The summed E-state index contributed by atoms with van der Waals surface area (Å²) in [6.45, 7) is 13.8. The molecule has 1 aromatic carbocycles. The molecular weight excluding hydrogens is 396 g/mol. The van der Waals surface area contributed by atoms with Gasteiger partial charge in [0.25, 0.3) is 0 Å². The topological polar surface area (TPSA) is 26.3 Å². The summed E-state index contributed by atoms with van der Waals surface area (Å²) < 4.78 is 4.89. The number of carbonyl (C=O) groups excluding carboxylic acids is 1. The Morgan fingerprint density at radius 1 is 0.897 bits per heavy atom. The van der Waals surface area contributed by atoms with Crippen LogP contribution >= 0.6 is 23.5 Å². The van der Waals surface area contributed by atoms with Gasteiger partial charge in [0.15, 0.2) is 0 Å². The Balaban J connectivity index is 2.29. The molecule has 0 amide bonds. The second-order valence-corrected chi connectivity index (χ2v) is 12.9. The van der Waals surface area contributed by atoms with Gasteiger partial charge in [-0.15, -0.1) is 23.5 Å². The van der Waals surface area contributed by atoms with Crippen LogP contribution in [-0.2, 0) is 20.4 Å². The van der Waals surface area contributed by atoms with Crippen LogP contribution in [0.2, 0.25) is 0 Å². The highest BCUT2D eigenvalue weighted by Gasteiger charge is 2.27. The van der Waals surface area contributed by atoms with Crippen molar-refractivity contribution in [2.45, 2.75) is 106 Å². The van der Waals surface area contributed by atoms with E-state index in [2.05, 4.69) is 59.7 Å². The summed E-state index contributed by atoms with van der Waals surface area (Å²) >= 11 is 3.85. The lowest BCUT2D eigenvalue weighted by Gasteiger charge is -2.30. The predicted octanol–water partition coefficient (Wildman–Crippen LogP) is 7.37. The average molecular weight is 437 g/mol. The van der Waals surface area contributed by atoms with Crippen LogP contribution < -0.4 is 0 Å². The van der Waals surface area contributed by atoms with Crippen LogP contribution in [0.5, 0.6) is 0 Å². The molecule has 1 aromatic rings. The molecule has 2 rings (SSSR count). The van der Waals surface area contributed by atoms with E-state index < -0.39 is 0 Å². The normalized spacial score (nSPS) is 21.3. The van der Waals surface area contributed by atoms with E-state index in [0.29, 0.717) is 16.3 Å². The van der Waals surface area contributed by atoms with Crippen LogP contribution in [0, 0.1) is 0 Å². The van der Waals surface area contributed by atoms with Gasteiger partial charge in [-0.3, -0.25) is 4.79 Å². The van der Waals surface area contributed by atoms with Gasteiger partial charge >= 0.3 is 5.97 Å². The second kappa shape index (κ2) is 10.6. The van der Waals surface area contributed by atoms with Crippen molar-refractivity contribution in [2.75, 3.05) is 12.9 Å². The Bertz CT molecular complexity index is 638. The molecule has 1 saturated carbocycles. The van der Waals surface area contributed by atoms with Crippen LogP contribution in [0.15, 0.2) is 23.1 Å². The minimum absolute atomic E-state index is 0.106. The van der Waals surface area contributed by atoms with Crippen molar-refractivity contribution in [3.63, 3.8) is 0 Å². The predicted molar refractivity (Wildman–Crippen MR) is 129 cm³/mol. The number of carbonyl (C=O) groups is 1. The molecule has 0 aliphatic heterocycles. The number of thioether (sulfide) groups is 2. The standard InChI is InChI=1S/C25H40O2S2/c1-24(2,3)18-14-19(25(4,5)6)16-20(15-18)29-22-13-11-9-8-10-12-21(22)28-17-23(26)27-7/h14-16,21-22H,8-13,17H2,1-7H3/t21-,22-/m1/s1. The van der Waals surface area contributed by atoms with Crippen molar-refractivity contribution in [3.8, 4) is 0 Å². The van der Waals surface area contributed by atoms with E-state index in [4.69, 9.17) is 4.74 Å². The van der Waals surface area contributed by atoms with E-state index in [-0.39, 0.29) is 16.8 Å². The highest BCUT2D eigenvalue weighted by molar-refractivity contribution is 8.04. The van der Waals surface area contributed by atoms with Crippen LogP contribution in [0.1, 0.15) is 91.2 Å². The van der Waals surface area contributed by atoms with Crippen molar-refractivity contribution in [3.05, 3.63) is 29.3 Å². The van der Waals surface area contributed by atoms with E-state index in [1.165, 1.54) is 61.7 Å². The lowest BCUT2D eigenvalue weighted by molar-refractivity contribution is -0.137. The average Bonchev–Trinajstić information content (AvgIpc) is 2.61. The summed E-state index contributed by atoms with van der Waals surface area (Å²) in [6.07, 6.45) is 7.64. The van der Waals surface area contributed by atoms with Crippen LogP contribution in [0.4, 0.5) is 0 Å². The molecule has 1 fully saturated rings. The number of ether oxygens (including phenoxy) is 1. The molecule has 2 nitrogen and oxygen atoms in total. The largest absolute Gasteiger partial charge is 0.468 e. The Labute approximate surface area is 187 Å². The first kappa shape index (κ1) is 24.7. The Morgan fingerprint density at radius 2 is 1.41 bits per heavy atom. The number of rotatable bonds is 5. The zero-order chi connectivity index (χ0) is 21.7. The molecule has 0 aromatic heterocycles. The zero-order valence-electron chi connectivity index (χ0n) is 19.5. The summed E-state index contributed by atoms with van der Waals surface area (Å²) in [4.78, 5) is 13.1. The molecule has 0 radical (unpaired) electrons. The smallest absolute Gasteiger partial charge is 0.315 e. The molecule has 164 valence electrons. The molecule has 0 spiro atoms. The second-order valence-electron chi connectivity index (χ2n) is 10.3. The fourth-order valence-corrected chi connectivity index (χ4v) is 6.55. The molecule has 0 heterocycles. The number of hydrogen-bond acceptors (Lipinski definition) is 4. The van der Waals surface area contributed by atoms with Gasteiger partial charge < -0.3 is 4.74 Å². The summed E-state index contributed by atoms with van der Waals surface area (Å²) in [5.74, 6) is 0.360. The lowest BCUT2D eigenvalue weighted by atomic mass is 9.81. The van der Waals surface area contributed by atoms with Crippen molar-refractivity contribution < 1.29 is 9.53 Å². The number of esters is 1. The van der Waals surface area contributed by atoms with Crippen molar-refractivity contribution in [1.82, 2.24) is 0 Å². The molecule has 1 aliphatic rings. The van der Waals surface area contributed by atoms with Gasteiger partial charge in [0, 0.05) is 15.4 Å². The van der Waals surface area contributed by atoms with Gasteiger partial charge in [0.05, 0.1) is 12.9 Å². The molecule has 0 saturated heterocycles. The maximum atomic E-state index is 11.7. The molecule has 2 atom stereocenters. The van der Waals surface area contributed by atoms with Crippen molar-refractivity contribution >= 4 is 29.5 Å². The van der Waals surface area contributed by atoms with Crippen LogP contribution in [0.25, 0.3) is 0 Å². The van der Waals surface area contributed by atoms with E-state index in [1.54, 1.807) is 11.8 Å². The zero-order valence-corrected chi connectivity index (χ0v) is 21.1. The molecular formula is C25H40O2S2. The van der Waals surface area contributed by atoms with Gasteiger partial charge in [0.1, 0.15) is 0 Å². The number of methoxy groups -OCH3 is 1. The highest BCUT2D eigenvalue weighted by atomic mass is 32.2. The Hall–Kier alpha value is -0.610. The van der Waals surface area contributed by atoms with Crippen molar-refractivity contribution in [2.24, 2.45) is 0 Å². The Kier molecular flexibility index (Phi) is 9.03. The quantitative estimate of drug-likeness (QED) is 0.450.